The lowest BCUT2D eigenvalue weighted by Gasteiger charge is -2.14. The summed E-state index contributed by atoms with van der Waals surface area (Å²) in [7, 11) is 0. The zero-order valence-electron chi connectivity index (χ0n) is 14.2. The molecule has 0 amide bonds. The molecule has 0 bridgehead atoms. The standard InChI is InChI=1S/C18H24N2O2S/c1-5-14-11-17(21)20-18(19-14)23-9-8-22-16-7-6-13(4)10-15(16)12(2)3/h6-7,10-12H,5,8-9H2,1-4H3,(H,19,20,21). The molecule has 2 rings (SSSR count). The topological polar surface area (TPSA) is 55.0 Å². The third kappa shape index (κ3) is 5.13. The number of hydrogen-bond donors (Lipinski definition) is 1. The summed E-state index contributed by atoms with van der Waals surface area (Å²) >= 11 is 1.51. The van der Waals surface area contributed by atoms with Crippen molar-refractivity contribution in [2.75, 3.05) is 12.4 Å². The lowest BCUT2D eigenvalue weighted by molar-refractivity contribution is 0.338. The van der Waals surface area contributed by atoms with E-state index in [9.17, 15) is 4.79 Å². The van der Waals surface area contributed by atoms with Gasteiger partial charge in [-0.25, -0.2) is 4.98 Å². The number of nitrogens with zero attached hydrogens (tertiary/aromatic N) is 1. The number of hydrogen-bond acceptors (Lipinski definition) is 4. The Hall–Kier alpha value is -1.75. The molecule has 1 aromatic heterocycles. The van der Waals surface area contributed by atoms with Crippen LogP contribution in [0.1, 0.15) is 43.5 Å². The highest BCUT2D eigenvalue weighted by Crippen LogP contribution is 2.27. The second-order valence-corrected chi connectivity index (χ2v) is 6.87. The zero-order chi connectivity index (χ0) is 16.8. The maximum atomic E-state index is 11.5. The Labute approximate surface area is 141 Å². The van der Waals surface area contributed by atoms with Crippen molar-refractivity contribution >= 4 is 11.8 Å². The van der Waals surface area contributed by atoms with E-state index in [0.717, 1.165) is 23.6 Å². The first-order valence-electron chi connectivity index (χ1n) is 7.96. The Morgan fingerprint density at radius 3 is 2.78 bits per heavy atom. The summed E-state index contributed by atoms with van der Waals surface area (Å²) in [5.41, 5.74) is 3.20. The quantitative estimate of drug-likeness (QED) is 0.474. The van der Waals surface area contributed by atoms with Crippen molar-refractivity contribution in [3.05, 3.63) is 51.4 Å². The highest BCUT2D eigenvalue weighted by molar-refractivity contribution is 7.99. The number of benzene rings is 1. The summed E-state index contributed by atoms with van der Waals surface area (Å²) in [6.07, 6.45) is 0.759. The van der Waals surface area contributed by atoms with Gasteiger partial charge in [0.1, 0.15) is 5.75 Å². The molecule has 0 fully saturated rings. The van der Waals surface area contributed by atoms with Crippen LogP contribution in [0.4, 0.5) is 0 Å². The first kappa shape index (κ1) is 17.6. The van der Waals surface area contributed by atoms with E-state index >= 15 is 0 Å². The monoisotopic (exact) mass is 332 g/mol. The molecule has 0 aliphatic rings. The van der Waals surface area contributed by atoms with Crippen molar-refractivity contribution in [2.45, 2.75) is 45.2 Å². The highest BCUT2D eigenvalue weighted by Gasteiger charge is 2.08. The third-order valence-corrected chi connectivity index (χ3v) is 4.34. The van der Waals surface area contributed by atoms with Crippen LogP contribution in [0.5, 0.6) is 5.75 Å². The maximum absolute atomic E-state index is 11.5. The molecular weight excluding hydrogens is 308 g/mol. The number of rotatable bonds is 7. The van der Waals surface area contributed by atoms with Crippen molar-refractivity contribution in [3.63, 3.8) is 0 Å². The molecule has 0 aliphatic carbocycles. The lowest BCUT2D eigenvalue weighted by atomic mass is 10.00. The second-order valence-electron chi connectivity index (χ2n) is 5.79. The van der Waals surface area contributed by atoms with Crippen LogP contribution < -0.4 is 10.3 Å². The van der Waals surface area contributed by atoms with Crippen LogP contribution in [0.25, 0.3) is 0 Å². The van der Waals surface area contributed by atoms with Crippen LogP contribution in [0.2, 0.25) is 0 Å². The minimum atomic E-state index is -0.0964. The smallest absolute Gasteiger partial charge is 0.251 e. The summed E-state index contributed by atoms with van der Waals surface area (Å²) in [4.78, 5) is 18.7. The number of aromatic amines is 1. The van der Waals surface area contributed by atoms with Crippen LogP contribution in [0.3, 0.4) is 0 Å². The van der Waals surface area contributed by atoms with E-state index < -0.39 is 0 Å². The molecule has 4 nitrogen and oxygen atoms in total. The van der Waals surface area contributed by atoms with Crippen molar-refractivity contribution < 1.29 is 4.74 Å². The van der Waals surface area contributed by atoms with E-state index in [1.165, 1.54) is 22.9 Å². The van der Waals surface area contributed by atoms with Crippen LogP contribution >= 0.6 is 11.8 Å². The number of thioether (sulfide) groups is 1. The Kier molecular flexibility index (Phi) is 6.28. The SMILES string of the molecule is CCc1cc(=O)[nH]c(SCCOc2ccc(C)cc2C(C)C)n1. The van der Waals surface area contributed by atoms with Crippen molar-refractivity contribution in [3.8, 4) is 5.75 Å². The molecule has 0 saturated carbocycles. The molecule has 0 aliphatic heterocycles. The van der Waals surface area contributed by atoms with Crippen molar-refractivity contribution in [1.82, 2.24) is 9.97 Å². The van der Waals surface area contributed by atoms with Gasteiger partial charge in [-0.15, -0.1) is 0 Å². The summed E-state index contributed by atoms with van der Waals surface area (Å²) in [6.45, 7) is 8.99. The molecule has 0 radical (unpaired) electrons. The van der Waals surface area contributed by atoms with E-state index in [1.54, 1.807) is 6.07 Å². The van der Waals surface area contributed by atoms with Gasteiger partial charge in [-0.05, 0) is 30.9 Å². The number of aromatic nitrogens is 2. The molecule has 2 aromatic rings. The number of aryl methyl sites for hydroxylation is 2. The molecule has 23 heavy (non-hydrogen) atoms. The van der Waals surface area contributed by atoms with Gasteiger partial charge in [0, 0.05) is 17.5 Å². The van der Waals surface area contributed by atoms with Gasteiger partial charge in [-0.3, -0.25) is 4.79 Å². The molecule has 5 heteroatoms. The first-order chi connectivity index (χ1) is 11.0. The third-order valence-electron chi connectivity index (χ3n) is 3.50. The van der Waals surface area contributed by atoms with Crippen LogP contribution in [-0.4, -0.2) is 22.3 Å². The van der Waals surface area contributed by atoms with Gasteiger partial charge in [0.15, 0.2) is 5.16 Å². The fourth-order valence-electron chi connectivity index (χ4n) is 2.27. The first-order valence-corrected chi connectivity index (χ1v) is 8.94. The average molecular weight is 332 g/mol. The highest BCUT2D eigenvalue weighted by atomic mass is 32.2. The molecule has 124 valence electrons. The molecule has 1 aromatic carbocycles. The number of H-pyrrole nitrogens is 1. The predicted molar refractivity (Wildman–Crippen MR) is 95.7 cm³/mol. The maximum Gasteiger partial charge on any atom is 0.251 e. The summed E-state index contributed by atoms with van der Waals surface area (Å²) in [5, 5.41) is 0.658. The van der Waals surface area contributed by atoms with Crippen molar-refractivity contribution in [2.24, 2.45) is 0 Å². The lowest BCUT2D eigenvalue weighted by Crippen LogP contribution is -2.10. The fraction of sp³-hybridized carbons (Fsp3) is 0.444. The Balaban J connectivity index is 1.93. The van der Waals surface area contributed by atoms with Gasteiger partial charge < -0.3 is 9.72 Å². The summed E-state index contributed by atoms with van der Waals surface area (Å²) in [6, 6.07) is 7.82. The van der Waals surface area contributed by atoms with E-state index in [4.69, 9.17) is 4.74 Å². The molecule has 0 unspecified atom stereocenters. The van der Waals surface area contributed by atoms with Gasteiger partial charge in [-0.1, -0.05) is 50.2 Å². The van der Waals surface area contributed by atoms with Gasteiger partial charge in [0.05, 0.1) is 6.61 Å². The molecule has 0 spiro atoms. The average Bonchev–Trinajstić information content (AvgIpc) is 2.51. The van der Waals surface area contributed by atoms with E-state index in [1.807, 2.05) is 13.0 Å². The Morgan fingerprint density at radius 1 is 1.30 bits per heavy atom. The second kappa shape index (κ2) is 8.20. The van der Waals surface area contributed by atoms with Crippen LogP contribution in [0, 0.1) is 6.92 Å². The molecular formula is C18H24N2O2S. The largest absolute Gasteiger partial charge is 0.492 e. The van der Waals surface area contributed by atoms with Gasteiger partial charge in [0.2, 0.25) is 0 Å². The van der Waals surface area contributed by atoms with Gasteiger partial charge in [-0.2, -0.15) is 0 Å². The van der Waals surface area contributed by atoms with E-state index in [-0.39, 0.29) is 5.56 Å². The fourth-order valence-corrected chi connectivity index (χ4v) is 2.99. The van der Waals surface area contributed by atoms with Crippen LogP contribution in [-0.2, 0) is 6.42 Å². The van der Waals surface area contributed by atoms with Crippen LogP contribution in [0.15, 0.2) is 34.2 Å². The normalized spacial score (nSPS) is 11.0. The summed E-state index contributed by atoms with van der Waals surface area (Å²) in [5.74, 6) is 2.10. The van der Waals surface area contributed by atoms with E-state index in [0.29, 0.717) is 17.7 Å². The van der Waals surface area contributed by atoms with Gasteiger partial charge in [0.25, 0.3) is 5.56 Å². The number of nitrogens with one attached hydrogen (secondary N) is 1. The summed E-state index contributed by atoms with van der Waals surface area (Å²) < 4.78 is 5.92. The molecule has 1 heterocycles. The Morgan fingerprint density at radius 2 is 2.09 bits per heavy atom. The zero-order valence-corrected chi connectivity index (χ0v) is 15.0. The minimum Gasteiger partial charge on any atom is -0.492 e. The molecule has 1 N–H and O–H groups in total. The predicted octanol–water partition coefficient (Wildman–Crippen LogP) is 3.94. The molecule has 0 saturated heterocycles. The van der Waals surface area contributed by atoms with E-state index in [2.05, 4.69) is 42.9 Å². The Bertz CT molecular complexity index is 710. The minimum absolute atomic E-state index is 0.0964. The van der Waals surface area contributed by atoms with Gasteiger partial charge >= 0.3 is 0 Å². The van der Waals surface area contributed by atoms with Crippen molar-refractivity contribution in [1.29, 1.82) is 0 Å². The molecule has 0 atom stereocenters. The number of ether oxygens (including phenoxy) is 1.